The Bertz CT molecular complexity index is 299. The fourth-order valence-corrected chi connectivity index (χ4v) is 0.798. The van der Waals surface area contributed by atoms with E-state index in [0.29, 0.717) is 5.56 Å². The fourth-order valence-electron chi connectivity index (χ4n) is 0.533. The highest BCUT2D eigenvalue weighted by molar-refractivity contribution is 9.10. The van der Waals surface area contributed by atoms with Gasteiger partial charge >= 0.3 is 0 Å². The van der Waals surface area contributed by atoms with Crippen molar-refractivity contribution in [2.75, 3.05) is 0 Å². The number of hydrogen-bond donors (Lipinski definition) is 0. The molecule has 9 heavy (non-hydrogen) atoms. The molecule has 0 amide bonds. The maximum absolute atomic E-state index is 7.33. The lowest BCUT2D eigenvalue weighted by Gasteiger charge is -1.90. The van der Waals surface area contributed by atoms with Crippen LogP contribution in [-0.2, 0) is 0 Å². The van der Waals surface area contributed by atoms with E-state index in [0.717, 1.165) is 4.47 Å². The summed E-state index contributed by atoms with van der Waals surface area (Å²) in [6.45, 7) is -0.461. The Labute approximate surface area is 67.6 Å². The molecule has 0 nitrogen and oxygen atoms in total. The zero-order valence-electron chi connectivity index (χ0n) is 7.69. The number of benzene rings is 1. The molecule has 0 N–H and O–H groups in total. The molecule has 46 valence electrons. The molecular formula is C8H7Br. The normalized spacial score (nSPS) is 13.2. The van der Waals surface area contributed by atoms with Gasteiger partial charge in [0.05, 0.1) is 4.11 Å². The molecule has 0 heterocycles. The third-order valence-electron chi connectivity index (χ3n) is 0.989. The maximum Gasteiger partial charge on any atom is 0.0623 e. The fraction of sp³-hybridized carbons (Fsp3) is 0. The van der Waals surface area contributed by atoms with Crippen molar-refractivity contribution < 1.29 is 4.11 Å². The van der Waals surface area contributed by atoms with Crippen LogP contribution in [0.2, 0.25) is 0 Å². The summed E-state index contributed by atoms with van der Waals surface area (Å²) < 4.78 is 22.1. The molecule has 0 fully saturated rings. The zero-order chi connectivity index (χ0) is 9.14. The Morgan fingerprint density at radius 1 is 1.56 bits per heavy atom. The second-order valence-corrected chi connectivity index (χ2v) is 2.55. The van der Waals surface area contributed by atoms with E-state index in [9.17, 15) is 0 Å². The molecule has 0 unspecified atom stereocenters. The van der Waals surface area contributed by atoms with Crippen molar-refractivity contribution in [3.8, 4) is 0 Å². The zero-order valence-corrected chi connectivity index (χ0v) is 6.27. The highest BCUT2D eigenvalue weighted by atomic mass is 79.9. The molecule has 0 bridgehead atoms. The Kier molecular flexibility index (Phi) is 1.12. The first kappa shape index (κ1) is 3.57. The highest BCUT2D eigenvalue weighted by Gasteiger charge is 1.83. The van der Waals surface area contributed by atoms with Crippen LogP contribution in [-0.4, -0.2) is 0 Å². The van der Waals surface area contributed by atoms with Crippen LogP contribution in [0, 0.1) is 0 Å². The van der Waals surface area contributed by atoms with Gasteiger partial charge in [-0.2, -0.15) is 0 Å². The van der Waals surface area contributed by atoms with Crippen LogP contribution in [0.15, 0.2) is 35.3 Å². The third-order valence-corrected chi connectivity index (χ3v) is 1.52. The van der Waals surface area contributed by atoms with Gasteiger partial charge in [0.1, 0.15) is 0 Å². The minimum atomic E-state index is -0.461. The summed E-state index contributed by atoms with van der Waals surface area (Å²) in [5, 5.41) is 0. The highest BCUT2D eigenvalue weighted by Crippen LogP contribution is 2.10. The molecule has 1 aromatic carbocycles. The SMILES string of the molecule is [2H]C([2H])=C([2H])c1ccc(Br)cc1. The van der Waals surface area contributed by atoms with Crippen LogP contribution in [0.4, 0.5) is 0 Å². The molecule has 0 aliphatic rings. The van der Waals surface area contributed by atoms with Crippen molar-refractivity contribution in [3.63, 3.8) is 0 Å². The minimum Gasteiger partial charge on any atom is -0.0985 e. The van der Waals surface area contributed by atoms with Gasteiger partial charge in [0, 0.05) is 4.47 Å². The van der Waals surface area contributed by atoms with Gasteiger partial charge in [-0.3, -0.25) is 0 Å². The first-order valence-electron chi connectivity index (χ1n) is 4.01. The van der Waals surface area contributed by atoms with E-state index in [-0.39, 0.29) is 6.05 Å². The second kappa shape index (κ2) is 2.83. The van der Waals surface area contributed by atoms with E-state index in [4.69, 9.17) is 4.11 Å². The standard InChI is InChI=1S/C8H7Br/c1-2-7-3-5-8(9)6-4-7/h2-6H,1H2/i1D2,2D. The quantitative estimate of drug-likeness (QED) is 0.632. The largest absolute Gasteiger partial charge is 0.0985 e. The summed E-state index contributed by atoms with van der Waals surface area (Å²) in [5.41, 5.74) is 0.596. The van der Waals surface area contributed by atoms with Crippen LogP contribution in [0.1, 0.15) is 9.68 Å². The molecule has 0 saturated carbocycles. The average Bonchev–Trinajstić information content (AvgIpc) is 2.04. The molecule has 0 aliphatic heterocycles. The average molecular weight is 186 g/mol. The Morgan fingerprint density at radius 2 is 2.22 bits per heavy atom. The van der Waals surface area contributed by atoms with Gasteiger partial charge in [-0.05, 0) is 17.7 Å². The predicted octanol–water partition coefficient (Wildman–Crippen LogP) is 3.09. The Hall–Kier alpha value is -0.560. The van der Waals surface area contributed by atoms with Gasteiger partial charge in [0.15, 0.2) is 0 Å². The summed E-state index contributed by atoms with van der Waals surface area (Å²) in [6.07, 6.45) is 0. The van der Waals surface area contributed by atoms with Crippen LogP contribution in [0.3, 0.4) is 0 Å². The van der Waals surface area contributed by atoms with Gasteiger partial charge in [-0.1, -0.05) is 40.6 Å². The van der Waals surface area contributed by atoms with Gasteiger partial charge in [0.2, 0.25) is 0 Å². The van der Waals surface area contributed by atoms with Crippen LogP contribution < -0.4 is 0 Å². The van der Waals surface area contributed by atoms with E-state index in [1.165, 1.54) is 0 Å². The molecular weight excluding hydrogens is 176 g/mol. The van der Waals surface area contributed by atoms with E-state index in [1.807, 2.05) is 0 Å². The first-order chi connectivity index (χ1) is 5.61. The molecule has 1 aromatic rings. The third kappa shape index (κ3) is 1.68. The Morgan fingerprint density at radius 3 is 2.78 bits per heavy atom. The van der Waals surface area contributed by atoms with Crippen LogP contribution in [0.5, 0.6) is 0 Å². The Balaban J connectivity index is 3.06. The van der Waals surface area contributed by atoms with E-state index < -0.39 is 6.53 Å². The van der Waals surface area contributed by atoms with Crippen molar-refractivity contribution in [2.45, 2.75) is 0 Å². The topological polar surface area (TPSA) is 0 Å². The summed E-state index contributed by atoms with van der Waals surface area (Å²) in [4.78, 5) is 0. The molecule has 0 aliphatic carbocycles. The van der Waals surface area contributed by atoms with Crippen molar-refractivity contribution in [1.82, 2.24) is 0 Å². The molecule has 0 atom stereocenters. The molecule has 0 radical (unpaired) electrons. The van der Waals surface area contributed by atoms with Gasteiger partial charge in [-0.25, -0.2) is 0 Å². The summed E-state index contributed by atoms with van der Waals surface area (Å²) in [7, 11) is 0. The van der Waals surface area contributed by atoms with Crippen molar-refractivity contribution in [2.24, 2.45) is 0 Å². The van der Waals surface area contributed by atoms with Crippen LogP contribution >= 0.6 is 15.9 Å². The number of hydrogen-bond acceptors (Lipinski definition) is 0. The van der Waals surface area contributed by atoms with E-state index in [1.54, 1.807) is 24.3 Å². The van der Waals surface area contributed by atoms with E-state index in [2.05, 4.69) is 15.9 Å². The summed E-state index contributed by atoms with van der Waals surface area (Å²) >= 11 is 3.26. The van der Waals surface area contributed by atoms with Gasteiger partial charge in [0.25, 0.3) is 0 Å². The summed E-state index contributed by atoms with van der Waals surface area (Å²) in [6, 6.07) is 6.92. The lowest BCUT2D eigenvalue weighted by Crippen LogP contribution is -1.67. The summed E-state index contributed by atoms with van der Waals surface area (Å²) in [5.74, 6) is 0. The molecule has 1 heteroatoms. The number of halogens is 1. The predicted molar refractivity (Wildman–Crippen MR) is 44.2 cm³/mol. The molecule has 0 aromatic heterocycles. The number of rotatable bonds is 1. The molecule has 0 spiro atoms. The van der Waals surface area contributed by atoms with Crippen molar-refractivity contribution in [1.29, 1.82) is 0 Å². The first-order valence-corrected chi connectivity index (χ1v) is 3.30. The van der Waals surface area contributed by atoms with E-state index >= 15 is 0 Å². The minimum absolute atomic E-state index is 0.0532. The van der Waals surface area contributed by atoms with Crippen molar-refractivity contribution >= 4 is 22.0 Å². The van der Waals surface area contributed by atoms with Crippen LogP contribution in [0.25, 0.3) is 6.05 Å². The van der Waals surface area contributed by atoms with Crippen molar-refractivity contribution in [3.05, 3.63) is 40.8 Å². The lowest BCUT2D eigenvalue weighted by atomic mass is 10.2. The smallest absolute Gasteiger partial charge is 0.0623 e. The van der Waals surface area contributed by atoms with Gasteiger partial charge in [-0.15, -0.1) is 0 Å². The molecule has 1 rings (SSSR count). The van der Waals surface area contributed by atoms with Gasteiger partial charge < -0.3 is 0 Å². The molecule has 0 saturated heterocycles. The maximum atomic E-state index is 7.33. The lowest BCUT2D eigenvalue weighted by molar-refractivity contribution is 1.62. The second-order valence-electron chi connectivity index (χ2n) is 1.63. The monoisotopic (exact) mass is 185 g/mol.